The van der Waals surface area contributed by atoms with Crippen molar-refractivity contribution >= 4 is 17.4 Å². The van der Waals surface area contributed by atoms with Gasteiger partial charge in [-0.05, 0) is 24.1 Å². The number of ether oxygens (including phenoxy) is 1. The van der Waals surface area contributed by atoms with Crippen LogP contribution < -0.4 is 0 Å². The molecule has 1 unspecified atom stereocenters. The number of benzene rings is 2. The minimum absolute atomic E-state index is 0.112. The Bertz CT molecular complexity index is 710. The van der Waals surface area contributed by atoms with Crippen molar-refractivity contribution in [2.45, 2.75) is 6.42 Å². The first-order valence-electron chi connectivity index (χ1n) is 6.93. The molecule has 2 aromatic carbocycles. The summed E-state index contributed by atoms with van der Waals surface area (Å²) in [5.41, 5.74) is 0.958. The van der Waals surface area contributed by atoms with E-state index in [0.29, 0.717) is 0 Å². The molecule has 23 heavy (non-hydrogen) atoms. The lowest BCUT2D eigenvalue weighted by atomic mass is 9.91. The molecule has 0 aliphatic rings. The van der Waals surface area contributed by atoms with Crippen LogP contribution in [0.5, 0.6) is 0 Å². The number of hydrogen-bond donors (Lipinski definition) is 0. The number of rotatable bonds is 6. The molecule has 0 fully saturated rings. The van der Waals surface area contributed by atoms with Gasteiger partial charge < -0.3 is 4.74 Å². The van der Waals surface area contributed by atoms with Crippen LogP contribution in [0.3, 0.4) is 0 Å². The fourth-order valence-electron chi connectivity index (χ4n) is 2.22. The SMILES string of the molecule is COC(=O)C(Cc1ccccc1)C(=O)c1ccc([N+](=O)[O-])cc1. The summed E-state index contributed by atoms with van der Waals surface area (Å²) in [7, 11) is 1.23. The molecule has 0 saturated carbocycles. The van der Waals surface area contributed by atoms with Gasteiger partial charge >= 0.3 is 5.97 Å². The zero-order valence-electron chi connectivity index (χ0n) is 12.5. The molecular formula is C17H15NO5. The smallest absolute Gasteiger partial charge is 0.316 e. The summed E-state index contributed by atoms with van der Waals surface area (Å²) in [6.45, 7) is 0. The van der Waals surface area contributed by atoms with E-state index in [4.69, 9.17) is 4.74 Å². The summed E-state index contributed by atoms with van der Waals surface area (Å²) >= 11 is 0. The summed E-state index contributed by atoms with van der Waals surface area (Å²) < 4.78 is 4.72. The first-order valence-corrected chi connectivity index (χ1v) is 6.93. The highest BCUT2D eigenvalue weighted by Gasteiger charge is 2.29. The van der Waals surface area contributed by atoms with Gasteiger partial charge in [-0.2, -0.15) is 0 Å². The number of carbonyl (C=O) groups is 2. The van der Waals surface area contributed by atoms with Crippen LogP contribution >= 0.6 is 0 Å². The number of non-ortho nitro benzene ring substituents is 1. The number of ketones is 1. The van der Waals surface area contributed by atoms with Gasteiger partial charge in [0.2, 0.25) is 0 Å². The van der Waals surface area contributed by atoms with Gasteiger partial charge in [0, 0.05) is 17.7 Å². The number of hydrogen-bond acceptors (Lipinski definition) is 5. The first kappa shape index (κ1) is 16.4. The van der Waals surface area contributed by atoms with E-state index in [1.165, 1.54) is 31.4 Å². The summed E-state index contributed by atoms with van der Waals surface area (Å²) in [4.78, 5) is 34.6. The third-order valence-corrected chi connectivity index (χ3v) is 3.45. The topological polar surface area (TPSA) is 86.5 Å². The molecule has 0 heterocycles. The molecule has 0 N–H and O–H groups in total. The van der Waals surface area contributed by atoms with Gasteiger partial charge in [-0.3, -0.25) is 19.7 Å². The molecule has 0 aliphatic heterocycles. The van der Waals surface area contributed by atoms with Crippen LogP contribution in [0.1, 0.15) is 15.9 Å². The quantitative estimate of drug-likeness (QED) is 0.269. The molecule has 2 rings (SSSR count). The Morgan fingerprint density at radius 1 is 1.09 bits per heavy atom. The molecule has 0 aliphatic carbocycles. The van der Waals surface area contributed by atoms with Crippen molar-refractivity contribution in [1.82, 2.24) is 0 Å². The second-order valence-corrected chi connectivity index (χ2v) is 4.93. The molecule has 0 spiro atoms. The van der Waals surface area contributed by atoms with E-state index >= 15 is 0 Å². The van der Waals surface area contributed by atoms with Crippen LogP contribution in [-0.2, 0) is 16.0 Å². The van der Waals surface area contributed by atoms with Gasteiger partial charge in [0.05, 0.1) is 12.0 Å². The first-order chi connectivity index (χ1) is 11.0. The molecular weight excluding hydrogens is 298 g/mol. The van der Waals surface area contributed by atoms with Crippen molar-refractivity contribution in [3.05, 3.63) is 75.8 Å². The van der Waals surface area contributed by atoms with E-state index in [1.807, 2.05) is 30.3 Å². The minimum atomic E-state index is -0.983. The van der Waals surface area contributed by atoms with Gasteiger partial charge in [-0.15, -0.1) is 0 Å². The third kappa shape index (κ3) is 4.00. The maximum absolute atomic E-state index is 12.6. The van der Waals surface area contributed by atoms with Gasteiger partial charge in [0.25, 0.3) is 5.69 Å². The average Bonchev–Trinajstić information content (AvgIpc) is 2.59. The predicted molar refractivity (Wildman–Crippen MR) is 83.1 cm³/mol. The lowest BCUT2D eigenvalue weighted by Gasteiger charge is -2.13. The van der Waals surface area contributed by atoms with E-state index in [0.717, 1.165) is 5.56 Å². The highest BCUT2D eigenvalue weighted by Crippen LogP contribution is 2.19. The fraction of sp³-hybridized carbons (Fsp3) is 0.176. The molecule has 0 bridgehead atoms. The van der Waals surface area contributed by atoms with E-state index in [1.54, 1.807) is 0 Å². The molecule has 118 valence electrons. The van der Waals surface area contributed by atoms with Crippen molar-refractivity contribution in [3.63, 3.8) is 0 Å². The summed E-state index contributed by atoms with van der Waals surface area (Å²) in [6.07, 6.45) is 0.212. The number of esters is 1. The standard InChI is InChI=1S/C17H15NO5/c1-23-17(20)15(11-12-5-3-2-4-6-12)16(19)13-7-9-14(10-8-13)18(21)22/h2-10,15H,11H2,1H3. The number of carbonyl (C=O) groups excluding carboxylic acids is 2. The number of nitro groups is 1. The average molecular weight is 313 g/mol. The maximum Gasteiger partial charge on any atom is 0.316 e. The van der Waals surface area contributed by atoms with Crippen LogP contribution in [0, 0.1) is 16.0 Å². The molecule has 0 aromatic heterocycles. The predicted octanol–water partition coefficient (Wildman–Crippen LogP) is 2.81. The second-order valence-electron chi connectivity index (χ2n) is 4.93. The molecule has 6 heteroatoms. The maximum atomic E-state index is 12.6. The normalized spacial score (nSPS) is 11.5. The lowest BCUT2D eigenvalue weighted by Crippen LogP contribution is -2.27. The van der Waals surface area contributed by atoms with Crippen molar-refractivity contribution in [1.29, 1.82) is 0 Å². The van der Waals surface area contributed by atoms with Crippen molar-refractivity contribution < 1.29 is 19.2 Å². The Morgan fingerprint density at radius 3 is 2.22 bits per heavy atom. The Morgan fingerprint density at radius 2 is 1.70 bits per heavy atom. The van der Waals surface area contributed by atoms with Crippen LogP contribution in [-0.4, -0.2) is 23.8 Å². The Labute approximate surface area is 132 Å². The lowest BCUT2D eigenvalue weighted by molar-refractivity contribution is -0.384. The van der Waals surface area contributed by atoms with Gasteiger partial charge in [0.1, 0.15) is 5.92 Å². The van der Waals surface area contributed by atoms with Crippen LogP contribution in [0.4, 0.5) is 5.69 Å². The fourth-order valence-corrected chi connectivity index (χ4v) is 2.22. The van der Waals surface area contributed by atoms with Crippen molar-refractivity contribution in [2.24, 2.45) is 5.92 Å². The minimum Gasteiger partial charge on any atom is -0.468 e. The monoisotopic (exact) mass is 313 g/mol. The van der Waals surface area contributed by atoms with Crippen LogP contribution in [0.2, 0.25) is 0 Å². The largest absolute Gasteiger partial charge is 0.468 e. The zero-order valence-corrected chi connectivity index (χ0v) is 12.5. The summed E-state index contributed by atoms with van der Waals surface area (Å²) in [5.74, 6) is -2.03. The molecule has 2 aromatic rings. The Hall–Kier alpha value is -3.02. The molecule has 0 radical (unpaired) electrons. The molecule has 1 atom stereocenters. The molecule has 6 nitrogen and oxygen atoms in total. The number of nitrogens with zero attached hydrogens (tertiary/aromatic N) is 1. The third-order valence-electron chi connectivity index (χ3n) is 3.45. The van der Waals surface area contributed by atoms with E-state index in [2.05, 4.69) is 0 Å². The van der Waals surface area contributed by atoms with Crippen molar-refractivity contribution in [2.75, 3.05) is 7.11 Å². The number of nitro benzene ring substituents is 1. The Kier molecular flexibility index (Phi) is 5.19. The highest BCUT2D eigenvalue weighted by molar-refractivity contribution is 6.08. The zero-order chi connectivity index (χ0) is 16.8. The van der Waals surface area contributed by atoms with Gasteiger partial charge in [-0.25, -0.2) is 0 Å². The van der Waals surface area contributed by atoms with E-state index in [9.17, 15) is 19.7 Å². The van der Waals surface area contributed by atoms with E-state index < -0.39 is 22.6 Å². The number of Topliss-reactive ketones (excluding diaryl/α,β-unsaturated/α-hetero) is 1. The molecule has 0 amide bonds. The molecule has 0 saturated heterocycles. The summed E-state index contributed by atoms with van der Waals surface area (Å²) in [6, 6.07) is 14.3. The number of methoxy groups -OCH3 is 1. The van der Waals surface area contributed by atoms with Gasteiger partial charge in [-0.1, -0.05) is 30.3 Å². The van der Waals surface area contributed by atoms with Crippen LogP contribution in [0.25, 0.3) is 0 Å². The van der Waals surface area contributed by atoms with Crippen LogP contribution in [0.15, 0.2) is 54.6 Å². The van der Waals surface area contributed by atoms with Gasteiger partial charge in [0.15, 0.2) is 5.78 Å². The van der Waals surface area contributed by atoms with Crippen molar-refractivity contribution in [3.8, 4) is 0 Å². The van der Waals surface area contributed by atoms with E-state index in [-0.39, 0.29) is 17.7 Å². The highest BCUT2D eigenvalue weighted by atomic mass is 16.6. The summed E-state index contributed by atoms with van der Waals surface area (Å²) in [5, 5.41) is 10.7. The second kappa shape index (κ2) is 7.31. The Balaban J connectivity index is 2.26.